The fourth-order valence-electron chi connectivity index (χ4n) is 4.66. The molecule has 0 atom stereocenters. The van der Waals surface area contributed by atoms with E-state index in [1.165, 1.54) is 22.9 Å². The summed E-state index contributed by atoms with van der Waals surface area (Å²) in [7, 11) is -2.23. The Morgan fingerprint density at radius 3 is 2.44 bits per heavy atom. The van der Waals surface area contributed by atoms with Crippen LogP contribution in [0.1, 0.15) is 24.0 Å². The molecule has 2 aliphatic rings. The summed E-state index contributed by atoms with van der Waals surface area (Å²) in [5, 5.41) is 0. The smallest absolute Gasteiger partial charge is 0.410 e. The first kappa shape index (κ1) is 25.4. The highest BCUT2D eigenvalue weighted by molar-refractivity contribution is 7.89. The van der Waals surface area contributed by atoms with E-state index < -0.39 is 39.9 Å². The van der Waals surface area contributed by atoms with E-state index in [1.807, 2.05) is 30.3 Å². The number of piperidine rings is 1. The van der Waals surface area contributed by atoms with Crippen molar-refractivity contribution >= 4 is 33.6 Å². The predicted octanol–water partition coefficient (Wildman–Crippen LogP) is 1.93. The molecule has 3 amide bonds. The minimum Gasteiger partial charge on any atom is -0.484 e. The van der Waals surface area contributed by atoms with Gasteiger partial charge in [0.15, 0.2) is 6.61 Å². The number of fused-ring (bicyclic) bond motifs is 2. The fraction of sp³-hybridized carbons (Fsp3) is 0.375. The number of hydrogen-bond donors (Lipinski definition) is 1. The van der Waals surface area contributed by atoms with Crippen molar-refractivity contribution in [3.63, 3.8) is 0 Å². The molecule has 1 N–H and O–H groups in total. The van der Waals surface area contributed by atoms with E-state index in [4.69, 9.17) is 9.47 Å². The van der Waals surface area contributed by atoms with Crippen molar-refractivity contribution in [3.05, 3.63) is 59.4 Å². The molecule has 0 aromatic heterocycles. The molecular weight excluding hydrogens is 493 g/mol. The van der Waals surface area contributed by atoms with Gasteiger partial charge in [-0.1, -0.05) is 30.3 Å². The first-order valence-electron chi connectivity index (χ1n) is 11.2. The Morgan fingerprint density at radius 2 is 1.81 bits per heavy atom. The molecule has 2 aliphatic heterocycles. The fourth-order valence-corrected chi connectivity index (χ4v) is 5.13. The van der Waals surface area contributed by atoms with Gasteiger partial charge < -0.3 is 19.3 Å². The number of hydrogen-bond acceptors (Lipinski definition) is 7. The second-order valence-corrected chi connectivity index (χ2v) is 10.6. The van der Waals surface area contributed by atoms with Crippen molar-refractivity contribution in [1.29, 1.82) is 0 Å². The monoisotopic (exact) mass is 519 g/mol. The molecule has 1 spiro atoms. The topological polar surface area (TPSA) is 122 Å². The molecule has 36 heavy (non-hydrogen) atoms. The van der Waals surface area contributed by atoms with E-state index in [9.17, 15) is 22.8 Å². The Bertz CT molecular complexity index is 1290. The zero-order valence-corrected chi connectivity index (χ0v) is 20.6. The second-order valence-electron chi connectivity index (χ2n) is 8.86. The Hall–Kier alpha value is -3.67. The number of likely N-dealkylation sites (tertiary alicyclic amines) is 1. The van der Waals surface area contributed by atoms with Crippen molar-refractivity contribution in [2.45, 2.75) is 24.9 Å². The van der Waals surface area contributed by atoms with Crippen molar-refractivity contribution in [2.75, 3.05) is 37.9 Å². The van der Waals surface area contributed by atoms with Crippen molar-refractivity contribution in [1.82, 2.24) is 9.62 Å². The number of halogens is 1. The lowest BCUT2D eigenvalue weighted by molar-refractivity contribution is -0.124. The Morgan fingerprint density at radius 1 is 1.14 bits per heavy atom. The quantitative estimate of drug-likeness (QED) is 0.619. The largest absolute Gasteiger partial charge is 0.484 e. The van der Waals surface area contributed by atoms with Crippen LogP contribution in [0.5, 0.6) is 5.75 Å². The molecule has 192 valence electrons. The third-order valence-electron chi connectivity index (χ3n) is 6.35. The molecule has 0 radical (unpaired) electrons. The lowest BCUT2D eigenvalue weighted by atomic mass is 9.73. The highest BCUT2D eigenvalue weighted by Crippen LogP contribution is 2.49. The van der Waals surface area contributed by atoms with Gasteiger partial charge in [0.25, 0.3) is 5.91 Å². The van der Waals surface area contributed by atoms with Gasteiger partial charge in [0, 0.05) is 37.8 Å². The maximum absolute atomic E-state index is 15.3. The van der Waals surface area contributed by atoms with E-state index in [1.54, 1.807) is 4.72 Å². The van der Waals surface area contributed by atoms with Gasteiger partial charge >= 0.3 is 6.09 Å². The van der Waals surface area contributed by atoms with Crippen molar-refractivity contribution < 1.29 is 36.7 Å². The predicted molar refractivity (Wildman–Crippen MR) is 127 cm³/mol. The molecule has 2 aromatic rings. The van der Waals surface area contributed by atoms with Crippen LogP contribution >= 0.6 is 0 Å². The number of carbonyl (C=O) groups excluding carboxylic acids is 3. The number of sulfonamides is 1. The number of anilines is 1. The van der Waals surface area contributed by atoms with Crippen LogP contribution < -0.4 is 14.4 Å². The van der Waals surface area contributed by atoms with E-state index in [0.29, 0.717) is 5.69 Å². The summed E-state index contributed by atoms with van der Waals surface area (Å²) < 4.78 is 50.0. The Kier molecular flexibility index (Phi) is 6.90. The molecule has 2 aromatic carbocycles. The van der Waals surface area contributed by atoms with Crippen LogP contribution in [0.3, 0.4) is 0 Å². The zero-order chi connectivity index (χ0) is 26.1. The minimum absolute atomic E-state index is 0.0199. The molecule has 1 fully saturated rings. The molecule has 10 nitrogen and oxygen atoms in total. The van der Waals surface area contributed by atoms with Crippen molar-refractivity contribution in [2.24, 2.45) is 0 Å². The molecule has 0 unspecified atom stereocenters. The van der Waals surface area contributed by atoms with Crippen LogP contribution in [0.25, 0.3) is 0 Å². The van der Waals surface area contributed by atoms with Crippen LogP contribution in [0.4, 0.5) is 14.9 Å². The SMILES string of the molecule is CN1C(=O)C2(CCN(C(=O)OCc3ccccc3)CC2)c2c(F)cc(OCC(=O)NS(C)(=O)=O)cc21. The molecular formula is C24H26FN3O7S. The second kappa shape index (κ2) is 9.76. The molecule has 0 bridgehead atoms. The number of carbonyl (C=O) groups is 3. The van der Waals surface area contributed by atoms with Crippen LogP contribution in [0.15, 0.2) is 42.5 Å². The first-order chi connectivity index (χ1) is 17.0. The highest BCUT2D eigenvalue weighted by Gasteiger charge is 2.53. The summed E-state index contributed by atoms with van der Waals surface area (Å²) in [6, 6.07) is 11.8. The number of ether oxygens (including phenoxy) is 2. The average molecular weight is 520 g/mol. The summed E-state index contributed by atoms with van der Waals surface area (Å²) in [5.41, 5.74) is 0.255. The van der Waals surface area contributed by atoms with Crippen LogP contribution in [-0.4, -0.2) is 64.2 Å². The van der Waals surface area contributed by atoms with Crippen LogP contribution in [-0.2, 0) is 36.4 Å². The zero-order valence-electron chi connectivity index (χ0n) is 19.8. The van der Waals surface area contributed by atoms with Crippen molar-refractivity contribution in [3.8, 4) is 5.75 Å². The highest BCUT2D eigenvalue weighted by atomic mass is 32.2. The van der Waals surface area contributed by atoms with E-state index in [-0.39, 0.29) is 49.8 Å². The molecule has 12 heteroatoms. The minimum atomic E-state index is -3.75. The first-order valence-corrected chi connectivity index (χ1v) is 13.1. The normalized spacial score (nSPS) is 16.6. The van der Waals surface area contributed by atoms with Crippen LogP contribution in [0, 0.1) is 5.82 Å². The summed E-state index contributed by atoms with van der Waals surface area (Å²) >= 11 is 0. The Balaban J connectivity index is 1.45. The van der Waals surface area contributed by atoms with E-state index >= 15 is 4.39 Å². The maximum atomic E-state index is 15.3. The lowest BCUT2D eigenvalue weighted by Crippen LogP contribution is -2.50. The van der Waals surface area contributed by atoms with E-state index in [2.05, 4.69) is 0 Å². The Labute approximate surface area is 208 Å². The third kappa shape index (κ3) is 5.13. The van der Waals surface area contributed by atoms with Gasteiger partial charge in [0.2, 0.25) is 15.9 Å². The standard InChI is InChI=1S/C24H26FN3O7S/c1-27-19-13-17(34-15-20(29)26-36(2,32)33)12-18(25)21(19)24(22(27)30)8-10-28(11-9-24)23(31)35-14-16-6-4-3-5-7-16/h3-7,12-13H,8-11,14-15H2,1-2H3,(H,26,29). The van der Waals surface area contributed by atoms with E-state index in [0.717, 1.165) is 17.9 Å². The lowest BCUT2D eigenvalue weighted by Gasteiger charge is -2.37. The van der Waals surface area contributed by atoms with Gasteiger partial charge in [-0.2, -0.15) is 0 Å². The molecule has 0 aliphatic carbocycles. The number of nitrogens with one attached hydrogen (secondary N) is 1. The van der Waals surface area contributed by atoms with Gasteiger partial charge in [0.1, 0.15) is 18.2 Å². The van der Waals surface area contributed by atoms with Gasteiger partial charge in [-0.05, 0) is 18.4 Å². The average Bonchev–Trinajstić information content (AvgIpc) is 3.03. The third-order valence-corrected chi connectivity index (χ3v) is 6.94. The molecule has 4 rings (SSSR count). The summed E-state index contributed by atoms with van der Waals surface area (Å²) in [6.07, 6.45) is 0.771. The molecule has 1 saturated heterocycles. The summed E-state index contributed by atoms with van der Waals surface area (Å²) in [5.74, 6) is -1.90. The maximum Gasteiger partial charge on any atom is 0.410 e. The number of rotatable bonds is 6. The van der Waals surface area contributed by atoms with Gasteiger partial charge in [0.05, 0.1) is 17.4 Å². The summed E-state index contributed by atoms with van der Waals surface area (Å²) in [4.78, 5) is 40.4. The number of benzene rings is 2. The van der Waals surface area contributed by atoms with Gasteiger partial charge in [-0.25, -0.2) is 17.6 Å². The van der Waals surface area contributed by atoms with Gasteiger partial charge in [-0.15, -0.1) is 0 Å². The van der Waals surface area contributed by atoms with Gasteiger partial charge in [-0.3, -0.25) is 14.3 Å². The van der Waals surface area contributed by atoms with Crippen LogP contribution in [0.2, 0.25) is 0 Å². The molecule has 0 saturated carbocycles. The number of nitrogens with zero attached hydrogens (tertiary/aromatic N) is 2. The molecule has 2 heterocycles. The number of amides is 3. The number of likely N-dealkylation sites (N-methyl/N-ethyl adjacent to an activating group) is 1. The summed E-state index contributed by atoms with van der Waals surface area (Å²) in [6.45, 7) is -0.0778.